The predicted molar refractivity (Wildman–Crippen MR) is 74.4 cm³/mol. The first-order chi connectivity index (χ1) is 8.66. The molecule has 2 heteroatoms. The van der Waals surface area contributed by atoms with Crippen LogP contribution in [-0.4, -0.2) is 11.9 Å². The zero-order chi connectivity index (χ0) is 13.0. The molecule has 1 saturated carbocycles. The van der Waals surface area contributed by atoms with E-state index in [-0.39, 0.29) is 11.8 Å². The SMILES string of the molecule is CC(C)C(=O)NC1CCC(c2ccccc2)CC1. The predicted octanol–water partition coefficient (Wildman–Crippen LogP) is 3.49. The van der Waals surface area contributed by atoms with Crippen LogP contribution in [0, 0.1) is 5.92 Å². The third kappa shape index (κ3) is 3.34. The molecule has 0 unspecified atom stereocenters. The Bertz CT molecular complexity index is 377. The second-order valence-corrected chi connectivity index (χ2v) is 5.62. The van der Waals surface area contributed by atoms with Crippen LogP contribution >= 0.6 is 0 Å². The van der Waals surface area contributed by atoms with Gasteiger partial charge >= 0.3 is 0 Å². The quantitative estimate of drug-likeness (QED) is 0.867. The summed E-state index contributed by atoms with van der Waals surface area (Å²) in [6, 6.07) is 11.1. The lowest BCUT2D eigenvalue weighted by Crippen LogP contribution is -2.39. The molecule has 0 saturated heterocycles. The third-order valence-electron chi connectivity index (χ3n) is 3.87. The molecule has 0 heterocycles. The van der Waals surface area contributed by atoms with Gasteiger partial charge in [0.05, 0.1) is 0 Å². The van der Waals surface area contributed by atoms with Crippen LogP contribution in [-0.2, 0) is 4.79 Å². The molecule has 1 amide bonds. The zero-order valence-corrected chi connectivity index (χ0v) is 11.4. The largest absolute Gasteiger partial charge is 0.353 e. The van der Waals surface area contributed by atoms with Crippen molar-refractivity contribution in [1.29, 1.82) is 0 Å². The molecule has 0 aliphatic heterocycles. The van der Waals surface area contributed by atoms with Crippen LogP contribution in [0.15, 0.2) is 30.3 Å². The van der Waals surface area contributed by atoms with E-state index in [1.165, 1.54) is 18.4 Å². The average Bonchev–Trinajstić information content (AvgIpc) is 2.40. The summed E-state index contributed by atoms with van der Waals surface area (Å²) in [5, 5.41) is 3.15. The van der Waals surface area contributed by atoms with Gasteiger partial charge in [0.2, 0.25) is 5.91 Å². The molecular formula is C16H23NO. The molecule has 1 aliphatic rings. The number of rotatable bonds is 3. The molecule has 0 radical (unpaired) electrons. The molecule has 98 valence electrons. The van der Waals surface area contributed by atoms with Gasteiger partial charge in [-0.25, -0.2) is 0 Å². The van der Waals surface area contributed by atoms with E-state index in [4.69, 9.17) is 0 Å². The summed E-state index contributed by atoms with van der Waals surface area (Å²) >= 11 is 0. The fraction of sp³-hybridized carbons (Fsp3) is 0.562. The maximum Gasteiger partial charge on any atom is 0.222 e. The standard InChI is InChI=1S/C16H23NO/c1-12(2)16(18)17-15-10-8-14(9-11-15)13-6-4-3-5-7-13/h3-7,12,14-15H,8-11H2,1-2H3,(H,17,18). The Morgan fingerprint density at radius 1 is 1.11 bits per heavy atom. The summed E-state index contributed by atoms with van der Waals surface area (Å²) in [7, 11) is 0. The van der Waals surface area contributed by atoms with Crippen molar-refractivity contribution in [3.05, 3.63) is 35.9 Å². The highest BCUT2D eigenvalue weighted by Gasteiger charge is 2.23. The maximum absolute atomic E-state index is 11.7. The lowest BCUT2D eigenvalue weighted by atomic mass is 9.81. The van der Waals surface area contributed by atoms with Gasteiger partial charge in [-0.15, -0.1) is 0 Å². The average molecular weight is 245 g/mol. The Hall–Kier alpha value is -1.31. The second kappa shape index (κ2) is 6.03. The molecule has 2 rings (SSSR count). The Kier molecular flexibility index (Phi) is 4.40. The highest BCUT2D eigenvalue weighted by atomic mass is 16.1. The van der Waals surface area contributed by atoms with E-state index in [2.05, 4.69) is 35.6 Å². The normalized spacial score (nSPS) is 23.9. The van der Waals surface area contributed by atoms with E-state index in [1.807, 2.05) is 13.8 Å². The summed E-state index contributed by atoms with van der Waals surface area (Å²) in [5.41, 5.74) is 1.45. The third-order valence-corrected chi connectivity index (χ3v) is 3.87. The van der Waals surface area contributed by atoms with Crippen LogP contribution in [0.5, 0.6) is 0 Å². The Morgan fingerprint density at radius 3 is 2.28 bits per heavy atom. The monoisotopic (exact) mass is 245 g/mol. The van der Waals surface area contributed by atoms with Gasteiger partial charge in [-0.05, 0) is 37.2 Å². The molecule has 2 nitrogen and oxygen atoms in total. The minimum absolute atomic E-state index is 0.0943. The topological polar surface area (TPSA) is 29.1 Å². The number of amides is 1. The van der Waals surface area contributed by atoms with Gasteiger partial charge in [-0.3, -0.25) is 4.79 Å². The van der Waals surface area contributed by atoms with Crippen molar-refractivity contribution in [3.63, 3.8) is 0 Å². The van der Waals surface area contributed by atoms with Crippen molar-refractivity contribution in [2.45, 2.75) is 51.5 Å². The smallest absolute Gasteiger partial charge is 0.222 e. The molecular weight excluding hydrogens is 222 g/mol. The van der Waals surface area contributed by atoms with Crippen molar-refractivity contribution in [3.8, 4) is 0 Å². The molecule has 1 aromatic carbocycles. The first kappa shape index (κ1) is 13.1. The van der Waals surface area contributed by atoms with Crippen LogP contribution in [0.1, 0.15) is 51.0 Å². The van der Waals surface area contributed by atoms with Crippen molar-refractivity contribution in [2.24, 2.45) is 5.92 Å². The number of hydrogen-bond acceptors (Lipinski definition) is 1. The van der Waals surface area contributed by atoms with E-state index >= 15 is 0 Å². The first-order valence-corrected chi connectivity index (χ1v) is 7.02. The first-order valence-electron chi connectivity index (χ1n) is 7.02. The van der Waals surface area contributed by atoms with Crippen molar-refractivity contribution in [1.82, 2.24) is 5.32 Å². The summed E-state index contributed by atoms with van der Waals surface area (Å²) < 4.78 is 0. The number of benzene rings is 1. The van der Waals surface area contributed by atoms with E-state index < -0.39 is 0 Å². The Labute approximate surface area is 110 Å². The molecule has 0 aromatic heterocycles. The zero-order valence-electron chi connectivity index (χ0n) is 11.4. The van der Waals surface area contributed by atoms with Crippen LogP contribution in [0.4, 0.5) is 0 Å². The molecule has 1 fully saturated rings. The fourth-order valence-corrected chi connectivity index (χ4v) is 2.66. The van der Waals surface area contributed by atoms with Crippen LogP contribution in [0.25, 0.3) is 0 Å². The lowest BCUT2D eigenvalue weighted by Gasteiger charge is -2.29. The van der Waals surface area contributed by atoms with Gasteiger partial charge in [0.25, 0.3) is 0 Å². The van der Waals surface area contributed by atoms with Gasteiger partial charge in [0.1, 0.15) is 0 Å². The van der Waals surface area contributed by atoms with Gasteiger partial charge in [-0.2, -0.15) is 0 Å². The summed E-state index contributed by atoms with van der Waals surface area (Å²) in [6.45, 7) is 3.90. The number of hydrogen-bond donors (Lipinski definition) is 1. The number of carbonyl (C=O) groups excluding carboxylic acids is 1. The molecule has 0 bridgehead atoms. The highest BCUT2D eigenvalue weighted by molar-refractivity contribution is 5.78. The second-order valence-electron chi connectivity index (χ2n) is 5.62. The maximum atomic E-state index is 11.7. The lowest BCUT2D eigenvalue weighted by molar-refractivity contribution is -0.124. The van der Waals surface area contributed by atoms with Crippen molar-refractivity contribution >= 4 is 5.91 Å². The van der Waals surface area contributed by atoms with E-state index in [0.717, 1.165) is 12.8 Å². The fourth-order valence-electron chi connectivity index (χ4n) is 2.66. The van der Waals surface area contributed by atoms with Gasteiger partial charge in [-0.1, -0.05) is 44.2 Å². The van der Waals surface area contributed by atoms with E-state index in [9.17, 15) is 4.79 Å². The highest BCUT2D eigenvalue weighted by Crippen LogP contribution is 2.32. The minimum Gasteiger partial charge on any atom is -0.353 e. The van der Waals surface area contributed by atoms with Crippen molar-refractivity contribution < 1.29 is 4.79 Å². The van der Waals surface area contributed by atoms with Gasteiger partial charge in [0, 0.05) is 12.0 Å². The number of nitrogens with one attached hydrogen (secondary N) is 1. The minimum atomic E-state index is 0.0943. The molecule has 18 heavy (non-hydrogen) atoms. The van der Waals surface area contributed by atoms with Crippen LogP contribution in [0.2, 0.25) is 0 Å². The summed E-state index contributed by atoms with van der Waals surface area (Å²) in [5.74, 6) is 0.966. The van der Waals surface area contributed by atoms with E-state index in [0.29, 0.717) is 12.0 Å². The van der Waals surface area contributed by atoms with Gasteiger partial charge < -0.3 is 5.32 Å². The van der Waals surface area contributed by atoms with Gasteiger partial charge in [0.15, 0.2) is 0 Å². The van der Waals surface area contributed by atoms with Crippen LogP contribution in [0.3, 0.4) is 0 Å². The Balaban J connectivity index is 1.83. The van der Waals surface area contributed by atoms with Crippen molar-refractivity contribution in [2.75, 3.05) is 0 Å². The molecule has 0 spiro atoms. The Morgan fingerprint density at radius 2 is 1.72 bits per heavy atom. The summed E-state index contributed by atoms with van der Waals surface area (Å²) in [4.78, 5) is 11.7. The molecule has 1 aromatic rings. The molecule has 0 atom stereocenters. The van der Waals surface area contributed by atoms with Crippen LogP contribution < -0.4 is 5.32 Å². The number of carbonyl (C=O) groups is 1. The molecule has 1 N–H and O–H groups in total. The molecule has 1 aliphatic carbocycles. The summed E-state index contributed by atoms with van der Waals surface area (Å²) in [6.07, 6.45) is 4.59. The van der Waals surface area contributed by atoms with E-state index in [1.54, 1.807) is 0 Å².